The average Bonchev–Trinajstić information content (AvgIpc) is 2.88. The van der Waals surface area contributed by atoms with E-state index in [0.29, 0.717) is 0 Å². The molecule has 0 bridgehead atoms. The summed E-state index contributed by atoms with van der Waals surface area (Å²) in [5.41, 5.74) is 7.06. The Morgan fingerprint density at radius 1 is 1.22 bits per heavy atom. The maximum atomic E-state index is 5.84. The van der Waals surface area contributed by atoms with Gasteiger partial charge in [0.1, 0.15) is 0 Å². The molecule has 1 aliphatic rings. The Hall–Kier alpha value is -0.510. The number of likely N-dealkylation sites (tertiary alicyclic amines) is 1. The topological polar surface area (TPSA) is 29.3 Å². The summed E-state index contributed by atoms with van der Waals surface area (Å²) in [6, 6.07) is 8.82. The van der Waals surface area contributed by atoms with Crippen LogP contribution in [0, 0.1) is 0 Å². The van der Waals surface area contributed by atoms with E-state index in [1.54, 1.807) is 0 Å². The molecule has 1 fully saturated rings. The van der Waals surface area contributed by atoms with Gasteiger partial charge >= 0.3 is 0 Å². The van der Waals surface area contributed by atoms with Crippen molar-refractivity contribution in [2.75, 3.05) is 25.4 Å². The summed E-state index contributed by atoms with van der Waals surface area (Å²) in [6.07, 6.45) is 4.08. The molecule has 1 saturated heterocycles. The van der Waals surface area contributed by atoms with Crippen molar-refractivity contribution in [3.05, 3.63) is 29.8 Å². The molecule has 2 N–H and O–H groups in total. The Balaban J connectivity index is 1.66. The standard InChI is InChI=1S/C15H24N2S/c1-13(16)14-5-7-15(8-6-14)18-12-4-11-17-9-2-3-10-17/h5-8,13H,2-4,9-12,16H2,1H3. The third kappa shape index (κ3) is 4.30. The fourth-order valence-electron chi connectivity index (χ4n) is 2.35. The molecule has 0 aromatic heterocycles. The highest BCUT2D eigenvalue weighted by Crippen LogP contribution is 2.21. The van der Waals surface area contributed by atoms with Crippen LogP contribution in [0.3, 0.4) is 0 Å². The number of rotatable bonds is 6. The number of hydrogen-bond acceptors (Lipinski definition) is 3. The lowest BCUT2D eigenvalue weighted by molar-refractivity contribution is 0.341. The van der Waals surface area contributed by atoms with Gasteiger partial charge in [0.15, 0.2) is 0 Å². The molecule has 2 nitrogen and oxygen atoms in total. The third-order valence-corrected chi connectivity index (χ3v) is 4.59. The molecule has 1 unspecified atom stereocenters. The van der Waals surface area contributed by atoms with Crippen LogP contribution in [0.1, 0.15) is 37.8 Å². The second-order valence-corrected chi connectivity index (χ2v) is 6.28. The van der Waals surface area contributed by atoms with E-state index >= 15 is 0 Å². The van der Waals surface area contributed by atoms with Crippen LogP contribution < -0.4 is 5.73 Å². The van der Waals surface area contributed by atoms with Crippen LogP contribution in [0.25, 0.3) is 0 Å². The second-order valence-electron chi connectivity index (χ2n) is 5.11. The molecule has 0 radical (unpaired) electrons. The van der Waals surface area contributed by atoms with Crippen LogP contribution >= 0.6 is 11.8 Å². The van der Waals surface area contributed by atoms with Gasteiger partial charge in [-0.05, 0) is 69.3 Å². The summed E-state index contributed by atoms with van der Waals surface area (Å²) in [6.45, 7) is 5.92. The number of nitrogens with zero attached hydrogens (tertiary/aromatic N) is 1. The molecule has 100 valence electrons. The van der Waals surface area contributed by atoms with Gasteiger partial charge in [0.05, 0.1) is 0 Å². The zero-order valence-electron chi connectivity index (χ0n) is 11.3. The van der Waals surface area contributed by atoms with Crippen LogP contribution in [0.4, 0.5) is 0 Å². The molecule has 0 aliphatic carbocycles. The highest BCUT2D eigenvalue weighted by atomic mass is 32.2. The van der Waals surface area contributed by atoms with Crippen molar-refractivity contribution in [2.24, 2.45) is 5.73 Å². The van der Waals surface area contributed by atoms with Gasteiger partial charge in [-0.3, -0.25) is 0 Å². The van der Waals surface area contributed by atoms with Gasteiger partial charge in [0.25, 0.3) is 0 Å². The highest BCUT2D eigenvalue weighted by Gasteiger charge is 2.10. The SMILES string of the molecule is CC(N)c1ccc(SCCCN2CCCC2)cc1. The molecule has 1 atom stereocenters. The average molecular weight is 264 g/mol. The lowest BCUT2D eigenvalue weighted by Gasteiger charge is -2.13. The molecule has 3 heteroatoms. The first-order valence-corrected chi connectivity index (χ1v) is 7.95. The Labute approximate surface area is 115 Å². The molecule has 2 rings (SSSR count). The van der Waals surface area contributed by atoms with Crippen molar-refractivity contribution in [1.29, 1.82) is 0 Å². The maximum absolute atomic E-state index is 5.84. The van der Waals surface area contributed by atoms with Crippen LogP contribution in [0.15, 0.2) is 29.2 Å². The molecule has 0 spiro atoms. The number of nitrogens with two attached hydrogens (primary N) is 1. The monoisotopic (exact) mass is 264 g/mol. The third-order valence-electron chi connectivity index (χ3n) is 3.49. The van der Waals surface area contributed by atoms with Crippen LogP contribution in [-0.2, 0) is 0 Å². The largest absolute Gasteiger partial charge is 0.324 e. The van der Waals surface area contributed by atoms with Gasteiger partial charge in [-0.2, -0.15) is 0 Å². The number of hydrogen-bond donors (Lipinski definition) is 1. The molecule has 1 aromatic carbocycles. The minimum Gasteiger partial charge on any atom is -0.324 e. The first-order chi connectivity index (χ1) is 8.75. The predicted octanol–water partition coefficient (Wildman–Crippen LogP) is 3.28. The van der Waals surface area contributed by atoms with Gasteiger partial charge in [-0.15, -0.1) is 11.8 Å². The van der Waals surface area contributed by atoms with Crippen molar-refractivity contribution >= 4 is 11.8 Å². The van der Waals surface area contributed by atoms with E-state index in [9.17, 15) is 0 Å². The lowest BCUT2D eigenvalue weighted by atomic mass is 10.1. The summed E-state index contributed by atoms with van der Waals surface area (Å²) < 4.78 is 0. The summed E-state index contributed by atoms with van der Waals surface area (Å²) in [5.74, 6) is 1.22. The Bertz CT molecular complexity index is 342. The molecular weight excluding hydrogens is 240 g/mol. The smallest absolute Gasteiger partial charge is 0.0266 e. The van der Waals surface area contributed by atoms with Crippen molar-refractivity contribution in [1.82, 2.24) is 4.90 Å². The van der Waals surface area contributed by atoms with Crippen LogP contribution in [-0.4, -0.2) is 30.3 Å². The Kier molecular flexibility index (Phi) is 5.54. The molecule has 0 amide bonds. The second kappa shape index (κ2) is 7.17. The van der Waals surface area contributed by atoms with Gasteiger partial charge in [-0.1, -0.05) is 12.1 Å². The van der Waals surface area contributed by atoms with E-state index in [1.807, 2.05) is 18.7 Å². The zero-order chi connectivity index (χ0) is 12.8. The molecule has 1 heterocycles. The normalized spacial score (nSPS) is 18.1. The first kappa shape index (κ1) is 13.9. The Morgan fingerprint density at radius 2 is 1.89 bits per heavy atom. The summed E-state index contributed by atoms with van der Waals surface area (Å²) >= 11 is 1.96. The molecule has 0 saturated carbocycles. The van der Waals surface area contributed by atoms with E-state index < -0.39 is 0 Å². The van der Waals surface area contributed by atoms with Crippen molar-refractivity contribution in [3.8, 4) is 0 Å². The highest BCUT2D eigenvalue weighted by molar-refractivity contribution is 7.99. The molecule has 1 aliphatic heterocycles. The molecule has 1 aromatic rings. The van der Waals surface area contributed by atoms with Gasteiger partial charge in [-0.25, -0.2) is 0 Å². The summed E-state index contributed by atoms with van der Waals surface area (Å²) in [7, 11) is 0. The van der Waals surface area contributed by atoms with Gasteiger partial charge < -0.3 is 10.6 Å². The fraction of sp³-hybridized carbons (Fsp3) is 0.600. The fourth-order valence-corrected chi connectivity index (χ4v) is 3.19. The molecule has 18 heavy (non-hydrogen) atoms. The minimum atomic E-state index is 0.138. The van der Waals surface area contributed by atoms with Gasteiger partial charge in [0.2, 0.25) is 0 Å². The minimum absolute atomic E-state index is 0.138. The number of thioether (sulfide) groups is 1. The quantitative estimate of drug-likeness (QED) is 0.631. The van der Waals surface area contributed by atoms with Crippen molar-refractivity contribution < 1.29 is 0 Å². The van der Waals surface area contributed by atoms with E-state index in [4.69, 9.17) is 5.73 Å². The summed E-state index contributed by atoms with van der Waals surface area (Å²) in [5, 5.41) is 0. The van der Waals surface area contributed by atoms with E-state index in [-0.39, 0.29) is 6.04 Å². The zero-order valence-corrected chi connectivity index (χ0v) is 12.1. The first-order valence-electron chi connectivity index (χ1n) is 6.96. The van der Waals surface area contributed by atoms with Crippen LogP contribution in [0.2, 0.25) is 0 Å². The van der Waals surface area contributed by atoms with E-state index in [1.165, 1.54) is 55.1 Å². The summed E-state index contributed by atoms with van der Waals surface area (Å²) in [4.78, 5) is 3.94. The van der Waals surface area contributed by atoms with E-state index in [2.05, 4.69) is 29.2 Å². The van der Waals surface area contributed by atoms with Crippen molar-refractivity contribution in [2.45, 2.75) is 37.1 Å². The predicted molar refractivity (Wildman–Crippen MR) is 80.1 cm³/mol. The number of benzene rings is 1. The van der Waals surface area contributed by atoms with Crippen LogP contribution in [0.5, 0.6) is 0 Å². The Morgan fingerprint density at radius 3 is 2.50 bits per heavy atom. The van der Waals surface area contributed by atoms with E-state index in [0.717, 1.165) is 0 Å². The molecular formula is C15H24N2S. The van der Waals surface area contributed by atoms with Crippen molar-refractivity contribution in [3.63, 3.8) is 0 Å². The maximum Gasteiger partial charge on any atom is 0.0266 e. The lowest BCUT2D eigenvalue weighted by Crippen LogP contribution is -2.20. The van der Waals surface area contributed by atoms with Gasteiger partial charge in [0, 0.05) is 10.9 Å².